The number of ether oxygens (including phenoxy) is 1. The lowest BCUT2D eigenvalue weighted by Gasteiger charge is -2.28. The molecule has 0 radical (unpaired) electrons. The first-order valence-corrected chi connectivity index (χ1v) is 19.0. The van der Waals surface area contributed by atoms with Crippen LogP contribution < -0.4 is 19.1 Å². The summed E-state index contributed by atoms with van der Waals surface area (Å²) < 4.78 is 63.5. The maximum atomic E-state index is 12.9. The minimum Gasteiger partial charge on any atom is -0.493 e. The topological polar surface area (TPSA) is 105 Å². The summed E-state index contributed by atoms with van der Waals surface area (Å²) in [6.45, 7) is 5.51. The second kappa shape index (κ2) is 16.9. The van der Waals surface area contributed by atoms with E-state index in [0.717, 1.165) is 88.5 Å². The molecule has 0 bridgehead atoms. The monoisotopic (exact) mass is 599 g/mol. The van der Waals surface area contributed by atoms with Crippen LogP contribution in [0.15, 0.2) is 24.3 Å². The van der Waals surface area contributed by atoms with Gasteiger partial charge in [0, 0.05) is 30.9 Å². The van der Waals surface area contributed by atoms with Crippen molar-refractivity contribution in [3.63, 3.8) is 0 Å². The van der Waals surface area contributed by atoms with Crippen LogP contribution in [0.3, 0.4) is 0 Å². The number of nitrogens with zero attached hydrogens (tertiary/aromatic N) is 1. The fourth-order valence-corrected chi connectivity index (χ4v) is 8.41. The van der Waals surface area contributed by atoms with Crippen molar-refractivity contribution >= 4 is 25.7 Å². The van der Waals surface area contributed by atoms with E-state index in [0.29, 0.717) is 12.5 Å². The van der Waals surface area contributed by atoms with Crippen LogP contribution in [-0.2, 0) is 20.0 Å². The third-order valence-electron chi connectivity index (χ3n) is 8.39. The minimum atomic E-state index is -3.48. The average Bonchev–Trinajstić information content (AvgIpc) is 2.94. The number of anilines is 1. The molecule has 2 fully saturated rings. The molecule has 2 N–H and O–H groups in total. The molecule has 0 aromatic heterocycles. The first-order valence-electron chi connectivity index (χ1n) is 15.7. The zero-order valence-corrected chi connectivity index (χ0v) is 26.4. The molecule has 0 heterocycles. The number of hydrogen-bond donors (Lipinski definition) is 2. The highest BCUT2D eigenvalue weighted by Gasteiger charge is 2.24. The van der Waals surface area contributed by atoms with Gasteiger partial charge in [0.25, 0.3) is 0 Å². The average molecular weight is 600 g/mol. The summed E-state index contributed by atoms with van der Waals surface area (Å²) in [7, 11) is -6.96. The van der Waals surface area contributed by atoms with Gasteiger partial charge >= 0.3 is 0 Å². The van der Waals surface area contributed by atoms with Gasteiger partial charge in [0.05, 0.1) is 18.1 Å². The molecule has 0 amide bonds. The molecule has 0 saturated heterocycles. The number of rotatable bonds is 18. The lowest BCUT2D eigenvalue weighted by Crippen LogP contribution is -2.43. The largest absolute Gasteiger partial charge is 0.493 e. The van der Waals surface area contributed by atoms with Gasteiger partial charge in [0.2, 0.25) is 20.0 Å². The van der Waals surface area contributed by atoms with Gasteiger partial charge in [-0.2, -0.15) is 0 Å². The van der Waals surface area contributed by atoms with Crippen LogP contribution in [0, 0.1) is 5.92 Å². The first kappa shape index (κ1) is 33.1. The van der Waals surface area contributed by atoms with Crippen LogP contribution in [0.2, 0.25) is 0 Å². The Bertz CT molecular complexity index is 997. The molecule has 8 nitrogen and oxygen atoms in total. The molecule has 1 atom stereocenters. The Labute approximate surface area is 244 Å². The van der Waals surface area contributed by atoms with Gasteiger partial charge in [-0.05, 0) is 62.3 Å². The van der Waals surface area contributed by atoms with Crippen molar-refractivity contribution in [1.82, 2.24) is 9.44 Å². The summed E-state index contributed by atoms with van der Waals surface area (Å²) >= 11 is 0. The molecular formula is C30H53N3O5S2. The third kappa shape index (κ3) is 12.2. The summed E-state index contributed by atoms with van der Waals surface area (Å²) in [5, 5.41) is 0. The van der Waals surface area contributed by atoms with E-state index in [1.807, 2.05) is 29.2 Å². The van der Waals surface area contributed by atoms with E-state index in [1.165, 1.54) is 12.8 Å². The van der Waals surface area contributed by atoms with Gasteiger partial charge in [-0.25, -0.2) is 26.3 Å². The van der Waals surface area contributed by atoms with E-state index in [-0.39, 0.29) is 36.7 Å². The summed E-state index contributed by atoms with van der Waals surface area (Å²) in [4.78, 5) is 1.88. The number of benzene rings is 1. The van der Waals surface area contributed by atoms with Crippen molar-refractivity contribution in [2.24, 2.45) is 5.92 Å². The van der Waals surface area contributed by atoms with Gasteiger partial charge in [-0.3, -0.25) is 0 Å². The van der Waals surface area contributed by atoms with Crippen LogP contribution >= 0.6 is 0 Å². The lowest BCUT2D eigenvalue weighted by molar-refractivity contribution is 0.233. The van der Waals surface area contributed by atoms with Crippen LogP contribution in [0.5, 0.6) is 5.75 Å². The highest BCUT2D eigenvalue weighted by molar-refractivity contribution is 7.89. The molecule has 40 heavy (non-hydrogen) atoms. The summed E-state index contributed by atoms with van der Waals surface area (Å²) in [5.74, 6) is 1.15. The van der Waals surface area contributed by atoms with E-state index in [9.17, 15) is 16.8 Å². The number of nitrogens with one attached hydrogen (secondary N) is 2. The van der Waals surface area contributed by atoms with Crippen LogP contribution in [0.4, 0.5) is 5.69 Å². The quantitative estimate of drug-likeness (QED) is 0.228. The van der Waals surface area contributed by atoms with Crippen LogP contribution in [0.1, 0.15) is 104 Å². The van der Waals surface area contributed by atoms with E-state index in [4.69, 9.17) is 4.74 Å². The first-order chi connectivity index (χ1) is 19.2. The molecular weight excluding hydrogens is 546 g/mol. The van der Waals surface area contributed by atoms with Crippen molar-refractivity contribution in [3.8, 4) is 5.75 Å². The molecule has 2 saturated carbocycles. The maximum Gasteiger partial charge on any atom is 0.213 e. The Balaban J connectivity index is 1.63. The predicted octanol–water partition coefficient (Wildman–Crippen LogP) is 5.59. The summed E-state index contributed by atoms with van der Waals surface area (Å²) in [6, 6.07) is 7.63. The van der Waals surface area contributed by atoms with Crippen LogP contribution in [-0.4, -0.2) is 60.1 Å². The normalized spacial score (nSPS) is 18.4. The van der Waals surface area contributed by atoms with Crippen molar-refractivity contribution in [1.29, 1.82) is 0 Å². The van der Waals surface area contributed by atoms with E-state index in [2.05, 4.69) is 23.3 Å². The Morgan fingerprint density at radius 3 is 1.75 bits per heavy atom. The standard InChI is InChI=1S/C30H53N3O5S2/c1-3-5-12-26(4-2)25-38-30-19-17-29(18-20-30)33(21-23-39(34,35)31-27-13-8-6-9-14-27)22-24-40(36,37)32-28-15-10-7-11-16-28/h17-20,26-28,31-32H,3-16,21-25H2,1-2H3. The molecule has 0 spiro atoms. The number of hydrogen-bond acceptors (Lipinski definition) is 6. The van der Waals surface area contributed by atoms with Crippen molar-refractivity contribution in [3.05, 3.63) is 24.3 Å². The Morgan fingerprint density at radius 1 is 0.800 bits per heavy atom. The summed E-state index contributed by atoms with van der Waals surface area (Å²) in [5.41, 5.74) is 0.797. The second-order valence-corrected chi connectivity index (χ2v) is 15.5. The molecule has 10 heteroatoms. The highest BCUT2D eigenvalue weighted by Crippen LogP contribution is 2.23. The van der Waals surface area contributed by atoms with Crippen molar-refractivity contribution < 1.29 is 21.6 Å². The molecule has 2 aliphatic rings. The zero-order chi connectivity index (χ0) is 28.8. The van der Waals surface area contributed by atoms with E-state index >= 15 is 0 Å². The van der Waals surface area contributed by atoms with Gasteiger partial charge in [0.15, 0.2) is 0 Å². The Morgan fingerprint density at radius 2 is 1.30 bits per heavy atom. The lowest BCUT2D eigenvalue weighted by atomic mass is 9.96. The van der Waals surface area contributed by atoms with Crippen LogP contribution in [0.25, 0.3) is 0 Å². The molecule has 1 aromatic carbocycles. The van der Waals surface area contributed by atoms with Gasteiger partial charge in [0.1, 0.15) is 5.75 Å². The van der Waals surface area contributed by atoms with E-state index < -0.39 is 20.0 Å². The highest BCUT2D eigenvalue weighted by atomic mass is 32.2. The second-order valence-electron chi connectivity index (χ2n) is 11.8. The fourth-order valence-electron chi connectivity index (χ4n) is 5.76. The predicted molar refractivity (Wildman–Crippen MR) is 165 cm³/mol. The molecule has 3 rings (SSSR count). The molecule has 1 unspecified atom stereocenters. The van der Waals surface area contributed by atoms with Crippen molar-refractivity contribution in [2.45, 2.75) is 116 Å². The van der Waals surface area contributed by atoms with Gasteiger partial charge < -0.3 is 9.64 Å². The molecule has 230 valence electrons. The Kier molecular flexibility index (Phi) is 14.0. The number of unbranched alkanes of at least 4 members (excludes halogenated alkanes) is 1. The van der Waals surface area contributed by atoms with Gasteiger partial charge in [-0.1, -0.05) is 71.6 Å². The van der Waals surface area contributed by atoms with Crippen molar-refractivity contribution in [2.75, 3.05) is 36.1 Å². The third-order valence-corrected chi connectivity index (χ3v) is 11.2. The molecule has 2 aliphatic carbocycles. The smallest absolute Gasteiger partial charge is 0.213 e. The maximum absolute atomic E-state index is 12.9. The molecule has 1 aromatic rings. The van der Waals surface area contributed by atoms with E-state index in [1.54, 1.807) is 0 Å². The summed E-state index contributed by atoms with van der Waals surface area (Å²) in [6.07, 6.45) is 14.7. The van der Waals surface area contributed by atoms with Gasteiger partial charge in [-0.15, -0.1) is 0 Å². The number of sulfonamides is 2. The SMILES string of the molecule is CCCCC(CC)COc1ccc(N(CCS(=O)(=O)NC2CCCCC2)CCS(=O)(=O)NC2CCCCC2)cc1. The molecule has 0 aliphatic heterocycles. The Hall–Kier alpha value is -1.36. The minimum absolute atomic E-state index is 0.00739. The zero-order valence-electron chi connectivity index (χ0n) is 24.8. The fraction of sp³-hybridized carbons (Fsp3) is 0.800.